The van der Waals surface area contributed by atoms with Crippen LogP contribution in [-0.2, 0) is 32.5 Å². The average Bonchev–Trinajstić information content (AvgIpc) is 2.94. The van der Waals surface area contributed by atoms with Crippen molar-refractivity contribution in [1.82, 2.24) is 0 Å². The second-order valence-electron chi connectivity index (χ2n) is 6.44. The minimum absolute atomic E-state index is 0.0430. The number of carbonyl (C=O) groups is 2. The number of nitrogens with zero attached hydrogens (tertiary/aromatic N) is 1. The second kappa shape index (κ2) is 7.83. The van der Waals surface area contributed by atoms with Crippen LogP contribution in [0.25, 0.3) is 0 Å². The summed E-state index contributed by atoms with van der Waals surface area (Å²) in [6.07, 6.45) is 2.41. The van der Waals surface area contributed by atoms with E-state index in [1.54, 1.807) is 29.4 Å². The monoisotopic (exact) mass is 371 g/mol. The Hall–Kier alpha value is -2.47. The lowest BCUT2D eigenvalue weighted by molar-refractivity contribution is -0.122. The Morgan fingerprint density at radius 1 is 1.19 bits per heavy atom. The van der Waals surface area contributed by atoms with Gasteiger partial charge in [0.05, 0.1) is 5.56 Å². The van der Waals surface area contributed by atoms with Crippen molar-refractivity contribution >= 4 is 28.4 Å². The lowest BCUT2D eigenvalue weighted by atomic mass is 10.1. The van der Waals surface area contributed by atoms with Crippen molar-refractivity contribution in [2.24, 2.45) is 0 Å². The molecule has 1 aliphatic heterocycles. The van der Waals surface area contributed by atoms with Gasteiger partial charge >= 0.3 is 5.97 Å². The molecule has 0 spiro atoms. The van der Waals surface area contributed by atoms with Crippen LogP contribution in [0.5, 0.6) is 0 Å². The van der Waals surface area contributed by atoms with E-state index in [0.29, 0.717) is 11.3 Å². The quantitative estimate of drug-likeness (QED) is 0.758. The van der Waals surface area contributed by atoms with E-state index in [2.05, 4.69) is 0 Å². The van der Waals surface area contributed by atoms with E-state index in [4.69, 9.17) is 4.74 Å². The van der Waals surface area contributed by atoms with E-state index in [0.717, 1.165) is 23.2 Å². The van der Waals surface area contributed by atoms with Gasteiger partial charge in [0.1, 0.15) is 0 Å². The van der Waals surface area contributed by atoms with Gasteiger partial charge in [-0.25, -0.2) is 4.79 Å². The molecule has 0 fully saturated rings. The van der Waals surface area contributed by atoms with Crippen LogP contribution in [0.4, 0.5) is 5.69 Å². The van der Waals surface area contributed by atoms with Gasteiger partial charge in [-0.05, 0) is 42.7 Å². The fourth-order valence-electron chi connectivity index (χ4n) is 3.25. The van der Waals surface area contributed by atoms with Gasteiger partial charge in [0.15, 0.2) is 6.61 Å². The van der Waals surface area contributed by atoms with Crippen LogP contribution in [0, 0.1) is 0 Å². The van der Waals surface area contributed by atoms with Crippen LogP contribution in [0.1, 0.15) is 28.4 Å². The number of carbonyl (C=O) groups excluding carboxylic acids is 2. The molecule has 0 aromatic heterocycles. The van der Waals surface area contributed by atoms with Gasteiger partial charge in [0, 0.05) is 34.5 Å². The summed E-state index contributed by atoms with van der Waals surface area (Å²) < 4.78 is 16.6. The predicted octanol–water partition coefficient (Wildman–Crippen LogP) is 2.70. The Morgan fingerprint density at radius 2 is 1.96 bits per heavy atom. The third-order valence-electron chi connectivity index (χ3n) is 4.34. The summed E-state index contributed by atoms with van der Waals surface area (Å²) in [6.45, 7) is 1.68. The van der Waals surface area contributed by atoms with Crippen molar-refractivity contribution in [3.8, 4) is 0 Å². The minimum Gasteiger partial charge on any atom is -0.452 e. The highest BCUT2D eigenvalue weighted by atomic mass is 32.2. The molecular formula is C20H21NO4S. The number of hydrogen-bond donors (Lipinski definition) is 0. The standard InChI is InChI=1S/C20H21NO4S/c1-14-10-16-7-3-4-9-18(16)21(14)19(22)12-25-20(23)17-8-5-6-15(11-17)13-26(2)24/h3-9,11,14H,10,12-13H2,1-2H3/t14-,26-/m1/s1. The van der Waals surface area contributed by atoms with E-state index in [1.165, 1.54) is 0 Å². The molecule has 0 unspecified atom stereocenters. The molecule has 0 saturated carbocycles. The van der Waals surface area contributed by atoms with E-state index >= 15 is 0 Å². The summed E-state index contributed by atoms with van der Waals surface area (Å²) >= 11 is 0. The molecule has 0 radical (unpaired) electrons. The first-order valence-electron chi connectivity index (χ1n) is 8.42. The summed E-state index contributed by atoms with van der Waals surface area (Å²) in [5, 5.41) is 0. The maximum atomic E-state index is 12.6. The van der Waals surface area contributed by atoms with Crippen molar-refractivity contribution < 1.29 is 18.5 Å². The summed E-state index contributed by atoms with van der Waals surface area (Å²) in [6, 6.07) is 14.6. The molecule has 1 heterocycles. The number of esters is 1. The first-order valence-corrected chi connectivity index (χ1v) is 10.1. The third kappa shape index (κ3) is 4.02. The largest absolute Gasteiger partial charge is 0.452 e. The normalized spacial score (nSPS) is 16.8. The van der Waals surface area contributed by atoms with E-state index < -0.39 is 16.8 Å². The Bertz CT molecular complexity index is 864. The maximum absolute atomic E-state index is 12.6. The van der Waals surface area contributed by atoms with Gasteiger partial charge in [-0.15, -0.1) is 0 Å². The first kappa shape index (κ1) is 18.3. The predicted molar refractivity (Wildman–Crippen MR) is 102 cm³/mol. The molecule has 2 aromatic rings. The van der Waals surface area contributed by atoms with Crippen LogP contribution >= 0.6 is 0 Å². The van der Waals surface area contributed by atoms with Crippen LogP contribution in [0.2, 0.25) is 0 Å². The average molecular weight is 371 g/mol. The van der Waals surface area contributed by atoms with Gasteiger partial charge in [-0.2, -0.15) is 0 Å². The third-order valence-corrected chi connectivity index (χ3v) is 5.08. The van der Waals surface area contributed by atoms with E-state index in [9.17, 15) is 13.8 Å². The highest BCUT2D eigenvalue weighted by Crippen LogP contribution is 2.31. The molecule has 0 aliphatic carbocycles. The SMILES string of the molecule is C[C@@H]1Cc2ccccc2N1C(=O)COC(=O)c1cccc(C[S@@](C)=O)c1. The topological polar surface area (TPSA) is 63.7 Å². The minimum atomic E-state index is -0.989. The lowest BCUT2D eigenvalue weighted by Crippen LogP contribution is -2.38. The zero-order chi connectivity index (χ0) is 18.7. The van der Waals surface area contributed by atoms with Crippen molar-refractivity contribution in [3.63, 3.8) is 0 Å². The first-order chi connectivity index (χ1) is 12.5. The van der Waals surface area contributed by atoms with Crippen molar-refractivity contribution in [3.05, 3.63) is 65.2 Å². The van der Waals surface area contributed by atoms with Gasteiger partial charge in [0.2, 0.25) is 0 Å². The zero-order valence-electron chi connectivity index (χ0n) is 14.8. The van der Waals surface area contributed by atoms with Crippen LogP contribution in [0.15, 0.2) is 48.5 Å². The smallest absolute Gasteiger partial charge is 0.338 e. The lowest BCUT2D eigenvalue weighted by Gasteiger charge is -2.22. The molecule has 2 atom stereocenters. The number of para-hydroxylation sites is 1. The Balaban J connectivity index is 1.65. The molecule has 2 aromatic carbocycles. The Morgan fingerprint density at radius 3 is 2.73 bits per heavy atom. The number of fused-ring (bicyclic) bond motifs is 1. The van der Waals surface area contributed by atoms with Crippen LogP contribution in [0.3, 0.4) is 0 Å². The number of rotatable bonds is 5. The maximum Gasteiger partial charge on any atom is 0.338 e. The number of benzene rings is 2. The molecule has 26 heavy (non-hydrogen) atoms. The molecular weight excluding hydrogens is 350 g/mol. The zero-order valence-corrected chi connectivity index (χ0v) is 15.6. The molecule has 3 rings (SSSR count). The van der Waals surface area contributed by atoms with Crippen LogP contribution < -0.4 is 4.90 Å². The summed E-state index contributed by atoms with van der Waals surface area (Å²) in [4.78, 5) is 26.5. The number of hydrogen-bond acceptors (Lipinski definition) is 4. The van der Waals surface area contributed by atoms with Crippen molar-refractivity contribution in [2.45, 2.75) is 25.1 Å². The molecule has 0 saturated heterocycles. The van der Waals surface area contributed by atoms with Gasteiger partial charge in [-0.3, -0.25) is 9.00 Å². The molecule has 5 nitrogen and oxygen atoms in total. The fourth-order valence-corrected chi connectivity index (χ4v) is 3.90. The summed E-state index contributed by atoms with van der Waals surface area (Å²) in [7, 11) is -0.989. The number of ether oxygens (including phenoxy) is 1. The van der Waals surface area contributed by atoms with E-state index in [1.807, 2.05) is 37.3 Å². The van der Waals surface area contributed by atoms with E-state index in [-0.39, 0.29) is 18.6 Å². The molecule has 136 valence electrons. The van der Waals surface area contributed by atoms with Crippen LogP contribution in [-0.4, -0.2) is 35.0 Å². The molecule has 0 bridgehead atoms. The summed E-state index contributed by atoms with van der Waals surface area (Å²) in [5.74, 6) is -0.411. The highest BCUT2D eigenvalue weighted by molar-refractivity contribution is 7.83. The van der Waals surface area contributed by atoms with Crippen molar-refractivity contribution in [2.75, 3.05) is 17.8 Å². The number of anilines is 1. The highest BCUT2D eigenvalue weighted by Gasteiger charge is 2.31. The molecule has 6 heteroatoms. The number of amides is 1. The van der Waals surface area contributed by atoms with Crippen molar-refractivity contribution in [1.29, 1.82) is 0 Å². The van der Waals surface area contributed by atoms with Gasteiger partial charge in [-0.1, -0.05) is 30.3 Å². The second-order valence-corrected chi connectivity index (χ2v) is 7.87. The molecule has 1 aliphatic rings. The fraction of sp³-hybridized carbons (Fsp3) is 0.300. The summed E-state index contributed by atoms with van der Waals surface area (Å²) in [5.41, 5.74) is 3.16. The Labute approximate surface area is 155 Å². The van der Waals surface area contributed by atoms with Gasteiger partial charge < -0.3 is 9.64 Å². The Kier molecular flexibility index (Phi) is 5.52. The molecule has 0 N–H and O–H groups in total. The molecule has 1 amide bonds. The van der Waals surface area contributed by atoms with Gasteiger partial charge in [0.25, 0.3) is 5.91 Å².